The molecular weight excluding hydrogens is 232 g/mol. The van der Waals surface area contributed by atoms with Gasteiger partial charge in [-0.15, -0.1) is 0 Å². The molecule has 2 aliphatic rings. The van der Waals surface area contributed by atoms with E-state index in [0.29, 0.717) is 26.0 Å². The van der Waals surface area contributed by atoms with Crippen LogP contribution in [0.5, 0.6) is 0 Å². The molecule has 0 aromatic heterocycles. The van der Waals surface area contributed by atoms with Gasteiger partial charge in [-0.2, -0.15) is 0 Å². The monoisotopic (exact) mass is 256 g/mol. The highest BCUT2D eigenvalue weighted by atomic mass is 16.5. The first-order valence-electron chi connectivity index (χ1n) is 6.84. The van der Waals surface area contributed by atoms with Gasteiger partial charge in [0, 0.05) is 33.3 Å². The number of methoxy groups -OCH3 is 1. The van der Waals surface area contributed by atoms with Gasteiger partial charge in [0.2, 0.25) is 5.91 Å². The first kappa shape index (κ1) is 13.8. The highest BCUT2D eigenvalue weighted by molar-refractivity contribution is 5.78. The average molecular weight is 256 g/mol. The number of ether oxygens (including phenoxy) is 1. The van der Waals surface area contributed by atoms with Crippen LogP contribution in [0.2, 0.25) is 0 Å². The van der Waals surface area contributed by atoms with Crippen molar-refractivity contribution in [2.24, 2.45) is 0 Å². The van der Waals surface area contributed by atoms with E-state index < -0.39 is 5.60 Å². The van der Waals surface area contributed by atoms with E-state index in [-0.39, 0.29) is 5.91 Å². The highest BCUT2D eigenvalue weighted by Crippen LogP contribution is 2.22. The normalized spacial score (nSPS) is 24.4. The maximum absolute atomic E-state index is 12.0. The van der Waals surface area contributed by atoms with Crippen molar-refractivity contribution in [1.29, 1.82) is 0 Å². The van der Waals surface area contributed by atoms with E-state index in [1.54, 1.807) is 7.11 Å². The third-order valence-corrected chi connectivity index (χ3v) is 4.02. The van der Waals surface area contributed by atoms with E-state index in [0.717, 1.165) is 39.0 Å². The number of amides is 1. The van der Waals surface area contributed by atoms with Crippen LogP contribution in [-0.4, -0.2) is 72.9 Å². The van der Waals surface area contributed by atoms with Crippen molar-refractivity contribution in [2.45, 2.75) is 31.3 Å². The Morgan fingerprint density at radius 3 is 2.39 bits per heavy atom. The summed E-state index contributed by atoms with van der Waals surface area (Å²) in [5.41, 5.74) is -0.693. The summed E-state index contributed by atoms with van der Waals surface area (Å²) in [7, 11) is 1.61. The molecule has 2 heterocycles. The Bertz CT molecular complexity index is 282. The van der Waals surface area contributed by atoms with Gasteiger partial charge < -0.3 is 14.7 Å². The summed E-state index contributed by atoms with van der Waals surface area (Å²) in [6.07, 6.45) is 3.65. The molecule has 18 heavy (non-hydrogen) atoms. The minimum absolute atomic E-state index is 0.240. The Morgan fingerprint density at radius 2 is 1.83 bits per heavy atom. The zero-order valence-electron chi connectivity index (χ0n) is 11.2. The molecule has 0 aromatic carbocycles. The van der Waals surface area contributed by atoms with Crippen molar-refractivity contribution >= 4 is 5.91 Å². The average Bonchev–Trinajstić information content (AvgIpc) is 2.86. The van der Waals surface area contributed by atoms with Crippen molar-refractivity contribution in [2.75, 3.05) is 46.4 Å². The third kappa shape index (κ3) is 3.43. The van der Waals surface area contributed by atoms with E-state index >= 15 is 0 Å². The molecule has 0 spiro atoms. The molecule has 2 aliphatic heterocycles. The summed E-state index contributed by atoms with van der Waals surface area (Å²) in [4.78, 5) is 16.1. The molecule has 0 aliphatic carbocycles. The fraction of sp³-hybridized carbons (Fsp3) is 0.923. The topological polar surface area (TPSA) is 53.0 Å². The Balaban J connectivity index is 1.74. The number of hydrogen-bond acceptors (Lipinski definition) is 4. The summed E-state index contributed by atoms with van der Waals surface area (Å²) in [5, 5.41) is 10.2. The summed E-state index contributed by atoms with van der Waals surface area (Å²) in [5.74, 6) is 0.240. The Hall–Kier alpha value is -0.650. The van der Waals surface area contributed by atoms with Gasteiger partial charge >= 0.3 is 0 Å². The van der Waals surface area contributed by atoms with Crippen LogP contribution in [0.1, 0.15) is 25.7 Å². The van der Waals surface area contributed by atoms with E-state index in [1.165, 1.54) is 0 Å². The van der Waals surface area contributed by atoms with E-state index in [9.17, 15) is 9.90 Å². The summed E-state index contributed by atoms with van der Waals surface area (Å²) in [6, 6.07) is 0. The van der Waals surface area contributed by atoms with Gasteiger partial charge in [0.15, 0.2) is 0 Å². The number of hydrogen-bond donors (Lipinski definition) is 1. The van der Waals surface area contributed by atoms with Gasteiger partial charge in [-0.1, -0.05) is 0 Å². The lowest BCUT2D eigenvalue weighted by Gasteiger charge is -2.37. The maximum Gasteiger partial charge on any atom is 0.236 e. The molecule has 1 N–H and O–H groups in total. The van der Waals surface area contributed by atoms with Crippen LogP contribution >= 0.6 is 0 Å². The number of piperidine rings is 1. The number of carbonyl (C=O) groups excluding carboxylic acids is 1. The molecule has 0 radical (unpaired) electrons. The van der Waals surface area contributed by atoms with Crippen LogP contribution in [0.3, 0.4) is 0 Å². The predicted octanol–water partition coefficient (Wildman–Crippen LogP) is 0.0821. The van der Waals surface area contributed by atoms with Crippen molar-refractivity contribution in [3.8, 4) is 0 Å². The first-order chi connectivity index (χ1) is 8.63. The lowest BCUT2D eigenvalue weighted by atomic mass is 9.92. The number of nitrogens with zero attached hydrogens (tertiary/aromatic N) is 2. The molecule has 0 saturated carbocycles. The lowest BCUT2D eigenvalue weighted by Crippen LogP contribution is -2.49. The van der Waals surface area contributed by atoms with Crippen LogP contribution in [0.4, 0.5) is 0 Å². The fourth-order valence-electron chi connectivity index (χ4n) is 2.80. The Kier molecular flexibility index (Phi) is 4.59. The quantitative estimate of drug-likeness (QED) is 0.774. The van der Waals surface area contributed by atoms with E-state index in [4.69, 9.17) is 4.74 Å². The number of rotatable bonds is 4. The van der Waals surface area contributed by atoms with E-state index in [1.807, 2.05) is 4.90 Å². The molecule has 2 saturated heterocycles. The summed E-state index contributed by atoms with van der Waals surface area (Å²) < 4.78 is 5.04. The molecule has 5 heteroatoms. The first-order valence-corrected chi connectivity index (χ1v) is 6.84. The minimum Gasteiger partial charge on any atom is -0.387 e. The van der Waals surface area contributed by atoms with Gasteiger partial charge in [-0.05, 0) is 25.7 Å². The van der Waals surface area contributed by atoms with Crippen LogP contribution in [-0.2, 0) is 9.53 Å². The molecule has 104 valence electrons. The zero-order valence-corrected chi connectivity index (χ0v) is 11.2. The minimum atomic E-state index is -0.693. The van der Waals surface area contributed by atoms with Gasteiger partial charge in [0.1, 0.15) is 0 Å². The van der Waals surface area contributed by atoms with Crippen LogP contribution in [0, 0.1) is 0 Å². The van der Waals surface area contributed by atoms with Crippen LogP contribution < -0.4 is 0 Å². The maximum atomic E-state index is 12.0. The Labute approximate surface area is 109 Å². The SMILES string of the molecule is COCC1(O)CCN(CC(=O)N2CCCC2)CC1. The molecule has 5 nitrogen and oxygen atoms in total. The van der Waals surface area contributed by atoms with Crippen LogP contribution in [0.15, 0.2) is 0 Å². The molecule has 0 unspecified atom stereocenters. The van der Waals surface area contributed by atoms with Crippen molar-refractivity contribution in [3.63, 3.8) is 0 Å². The molecule has 0 aromatic rings. The lowest BCUT2D eigenvalue weighted by molar-refractivity contribution is -0.133. The Morgan fingerprint density at radius 1 is 1.22 bits per heavy atom. The second kappa shape index (κ2) is 5.99. The standard InChI is InChI=1S/C13H24N2O3/c1-18-11-13(17)4-8-14(9-5-13)10-12(16)15-6-2-3-7-15/h17H,2-11H2,1H3. The molecule has 2 fully saturated rings. The van der Waals surface area contributed by atoms with Crippen molar-refractivity contribution < 1.29 is 14.6 Å². The molecular formula is C13H24N2O3. The molecule has 2 rings (SSSR count). The van der Waals surface area contributed by atoms with Gasteiger partial charge in [-0.25, -0.2) is 0 Å². The van der Waals surface area contributed by atoms with Crippen molar-refractivity contribution in [3.05, 3.63) is 0 Å². The summed E-state index contributed by atoms with van der Waals surface area (Å²) in [6.45, 7) is 4.28. The smallest absolute Gasteiger partial charge is 0.236 e. The third-order valence-electron chi connectivity index (χ3n) is 4.02. The summed E-state index contributed by atoms with van der Waals surface area (Å²) >= 11 is 0. The van der Waals surface area contributed by atoms with Crippen molar-refractivity contribution in [1.82, 2.24) is 9.80 Å². The molecule has 1 amide bonds. The predicted molar refractivity (Wildman–Crippen MR) is 68.3 cm³/mol. The van der Waals surface area contributed by atoms with E-state index in [2.05, 4.69) is 4.90 Å². The van der Waals surface area contributed by atoms with Crippen LogP contribution in [0.25, 0.3) is 0 Å². The number of likely N-dealkylation sites (tertiary alicyclic amines) is 2. The van der Waals surface area contributed by atoms with Gasteiger partial charge in [0.25, 0.3) is 0 Å². The fourth-order valence-corrected chi connectivity index (χ4v) is 2.80. The second-order valence-electron chi connectivity index (χ2n) is 5.52. The van der Waals surface area contributed by atoms with Gasteiger partial charge in [0.05, 0.1) is 18.8 Å². The number of aliphatic hydroxyl groups is 1. The number of carbonyl (C=O) groups is 1. The largest absolute Gasteiger partial charge is 0.387 e. The molecule has 0 bridgehead atoms. The second-order valence-corrected chi connectivity index (χ2v) is 5.52. The zero-order chi connectivity index (χ0) is 13.0. The highest BCUT2D eigenvalue weighted by Gasteiger charge is 2.33. The molecule has 0 atom stereocenters. The van der Waals surface area contributed by atoms with Gasteiger partial charge in [-0.3, -0.25) is 9.69 Å².